The number of sulfonamides is 1. The molecular formula is C24H24Cl2N2O3S. The fourth-order valence-corrected chi connectivity index (χ4v) is 4.92. The molecule has 0 atom stereocenters. The summed E-state index contributed by atoms with van der Waals surface area (Å²) in [6, 6.07) is 19.1. The summed E-state index contributed by atoms with van der Waals surface area (Å²) >= 11 is 12.1. The smallest absolute Gasteiger partial charge is 0.243 e. The summed E-state index contributed by atoms with van der Waals surface area (Å²) in [4.78, 5) is 12.8. The summed E-state index contributed by atoms with van der Waals surface area (Å²) < 4.78 is 27.8. The van der Waals surface area contributed by atoms with Gasteiger partial charge in [0, 0.05) is 23.1 Å². The van der Waals surface area contributed by atoms with Crippen molar-refractivity contribution in [2.45, 2.75) is 31.8 Å². The molecule has 3 aromatic rings. The van der Waals surface area contributed by atoms with E-state index in [-0.39, 0.29) is 24.5 Å². The molecule has 0 aliphatic carbocycles. The maximum Gasteiger partial charge on any atom is 0.243 e. The van der Waals surface area contributed by atoms with E-state index in [1.165, 1.54) is 4.31 Å². The van der Waals surface area contributed by atoms with Gasteiger partial charge < -0.3 is 5.32 Å². The van der Waals surface area contributed by atoms with E-state index < -0.39 is 15.9 Å². The molecule has 3 aromatic carbocycles. The number of aryl methyl sites for hydroxylation is 2. The Morgan fingerprint density at radius 2 is 1.50 bits per heavy atom. The Kier molecular flexibility index (Phi) is 7.96. The van der Waals surface area contributed by atoms with E-state index in [2.05, 4.69) is 5.32 Å². The molecule has 0 radical (unpaired) electrons. The van der Waals surface area contributed by atoms with E-state index in [1.54, 1.807) is 42.5 Å². The SMILES string of the molecule is Cc1ccc(CN(CC(=O)NCc2ccc(Cl)cc2Cl)S(=O)(=O)c2ccc(C)cc2)cc1. The first-order chi connectivity index (χ1) is 15.1. The highest BCUT2D eigenvalue weighted by Gasteiger charge is 2.27. The summed E-state index contributed by atoms with van der Waals surface area (Å²) in [5.41, 5.74) is 3.50. The molecule has 32 heavy (non-hydrogen) atoms. The van der Waals surface area contributed by atoms with Crippen molar-refractivity contribution in [3.8, 4) is 0 Å². The Bertz CT molecular complexity index is 1190. The van der Waals surface area contributed by atoms with E-state index >= 15 is 0 Å². The highest BCUT2D eigenvalue weighted by molar-refractivity contribution is 7.89. The highest BCUT2D eigenvalue weighted by Crippen LogP contribution is 2.21. The third-order valence-corrected chi connectivity index (χ3v) is 7.34. The molecule has 0 bridgehead atoms. The highest BCUT2D eigenvalue weighted by atomic mass is 35.5. The predicted molar refractivity (Wildman–Crippen MR) is 128 cm³/mol. The molecule has 0 aliphatic heterocycles. The minimum absolute atomic E-state index is 0.0750. The average Bonchev–Trinajstić information content (AvgIpc) is 2.74. The van der Waals surface area contributed by atoms with Crippen LogP contribution in [0.5, 0.6) is 0 Å². The molecule has 0 spiro atoms. The maximum absolute atomic E-state index is 13.3. The largest absolute Gasteiger partial charge is 0.351 e. The second-order valence-corrected chi connectivity index (χ2v) is 10.4. The van der Waals surface area contributed by atoms with Crippen LogP contribution in [0.15, 0.2) is 71.6 Å². The molecule has 0 fully saturated rings. The summed E-state index contributed by atoms with van der Waals surface area (Å²) in [6.07, 6.45) is 0. The number of carbonyl (C=O) groups is 1. The second kappa shape index (κ2) is 10.5. The molecule has 1 amide bonds. The van der Waals surface area contributed by atoms with E-state index in [0.29, 0.717) is 15.6 Å². The minimum Gasteiger partial charge on any atom is -0.351 e. The van der Waals surface area contributed by atoms with Crippen molar-refractivity contribution in [1.29, 1.82) is 0 Å². The zero-order valence-corrected chi connectivity index (χ0v) is 20.1. The third kappa shape index (κ3) is 6.33. The van der Waals surface area contributed by atoms with E-state index in [1.807, 2.05) is 38.1 Å². The van der Waals surface area contributed by atoms with Crippen molar-refractivity contribution in [3.63, 3.8) is 0 Å². The summed E-state index contributed by atoms with van der Waals surface area (Å²) in [5, 5.41) is 3.68. The molecule has 0 heterocycles. The van der Waals surface area contributed by atoms with E-state index in [0.717, 1.165) is 16.7 Å². The van der Waals surface area contributed by atoms with Gasteiger partial charge in [0.25, 0.3) is 0 Å². The molecular weight excluding hydrogens is 467 g/mol. The number of amides is 1. The number of nitrogens with zero attached hydrogens (tertiary/aromatic N) is 1. The van der Waals surface area contributed by atoms with Gasteiger partial charge in [0.1, 0.15) is 0 Å². The quantitative estimate of drug-likeness (QED) is 0.476. The van der Waals surface area contributed by atoms with Gasteiger partial charge in [-0.25, -0.2) is 8.42 Å². The third-order valence-electron chi connectivity index (χ3n) is 4.95. The molecule has 0 aromatic heterocycles. The molecule has 0 aliphatic rings. The number of hydrogen-bond donors (Lipinski definition) is 1. The van der Waals surface area contributed by atoms with Crippen molar-refractivity contribution in [1.82, 2.24) is 9.62 Å². The monoisotopic (exact) mass is 490 g/mol. The minimum atomic E-state index is -3.89. The van der Waals surface area contributed by atoms with Crippen LogP contribution in [-0.4, -0.2) is 25.2 Å². The topological polar surface area (TPSA) is 66.5 Å². The van der Waals surface area contributed by atoms with E-state index in [4.69, 9.17) is 23.2 Å². The Labute approximate surface area is 199 Å². The number of nitrogens with one attached hydrogen (secondary N) is 1. The standard InChI is InChI=1S/C24H24Cl2N2O3S/c1-17-3-7-19(8-4-17)15-28(32(30,31)22-11-5-18(2)6-12-22)16-24(29)27-14-20-9-10-21(25)13-23(20)26/h3-13H,14-16H2,1-2H3,(H,27,29). The van der Waals surface area contributed by atoms with Crippen molar-refractivity contribution < 1.29 is 13.2 Å². The Morgan fingerprint density at radius 3 is 2.09 bits per heavy atom. The first-order valence-electron chi connectivity index (χ1n) is 9.98. The average molecular weight is 491 g/mol. The molecule has 0 saturated carbocycles. The number of halogens is 2. The van der Waals surface area contributed by atoms with Crippen molar-refractivity contribution >= 4 is 39.1 Å². The van der Waals surface area contributed by atoms with Crippen LogP contribution in [0.3, 0.4) is 0 Å². The molecule has 3 rings (SSSR count). The van der Waals surface area contributed by atoms with Gasteiger partial charge in [-0.15, -0.1) is 0 Å². The number of rotatable bonds is 8. The van der Waals surface area contributed by atoms with Crippen LogP contribution < -0.4 is 5.32 Å². The van der Waals surface area contributed by atoms with Crippen LogP contribution in [0.25, 0.3) is 0 Å². The van der Waals surface area contributed by atoms with Gasteiger partial charge in [0.2, 0.25) is 15.9 Å². The van der Waals surface area contributed by atoms with Gasteiger partial charge in [0.15, 0.2) is 0 Å². The first-order valence-corrected chi connectivity index (χ1v) is 12.2. The Hall–Kier alpha value is -2.38. The zero-order chi connectivity index (χ0) is 23.3. The van der Waals surface area contributed by atoms with Gasteiger partial charge in [0.05, 0.1) is 11.4 Å². The normalized spacial score (nSPS) is 11.5. The zero-order valence-electron chi connectivity index (χ0n) is 17.8. The molecule has 5 nitrogen and oxygen atoms in total. The molecule has 0 unspecified atom stereocenters. The number of carbonyl (C=O) groups excluding carboxylic acids is 1. The lowest BCUT2D eigenvalue weighted by atomic mass is 10.1. The second-order valence-electron chi connectivity index (χ2n) is 7.58. The molecule has 8 heteroatoms. The van der Waals surface area contributed by atoms with Crippen LogP contribution in [0.2, 0.25) is 10.0 Å². The van der Waals surface area contributed by atoms with Gasteiger partial charge in [-0.2, -0.15) is 4.31 Å². The number of benzene rings is 3. The lowest BCUT2D eigenvalue weighted by Crippen LogP contribution is -2.40. The Morgan fingerprint density at radius 1 is 0.906 bits per heavy atom. The Balaban J connectivity index is 1.80. The lowest BCUT2D eigenvalue weighted by molar-refractivity contribution is -0.121. The van der Waals surface area contributed by atoms with Crippen molar-refractivity contribution in [2.75, 3.05) is 6.54 Å². The number of hydrogen-bond acceptors (Lipinski definition) is 3. The summed E-state index contributed by atoms with van der Waals surface area (Å²) in [7, 11) is -3.89. The predicted octanol–water partition coefficient (Wildman–Crippen LogP) is 5.12. The summed E-state index contributed by atoms with van der Waals surface area (Å²) in [5.74, 6) is -0.432. The lowest BCUT2D eigenvalue weighted by Gasteiger charge is -2.22. The molecule has 0 saturated heterocycles. The molecule has 1 N–H and O–H groups in total. The van der Waals surface area contributed by atoms with Crippen LogP contribution in [0, 0.1) is 13.8 Å². The van der Waals surface area contributed by atoms with E-state index in [9.17, 15) is 13.2 Å². The first kappa shape index (κ1) is 24.3. The van der Waals surface area contributed by atoms with Gasteiger partial charge in [-0.05, 0) is 49.2 Å². The van der Waals surface area contributed by atoms with Crippen LogP contribution in [-0.2, 0) is 27.9 Å². The van der Waals surface area contributed by atoms with Crippen LogP contribution in [0.1, 0.15) is 22.3 Å². The van der Waals surface area contributed by atoms with Crippen molar-refractivity contribution in [2.24, 2.45) is 0 Å². The van der Waals surface area contributed by atoms with Gasteiger partial charge in [-0.3, -0.25) is 4.79 Å². The summed E-state index contributed by atoms with van der Waals surface area (Å²) in [6.45, 7) is 3.76. The van der Waals surface area contributed by atoms with Gasteiger partial charge in [-0.1, -0.05) is 76.8 Å². The van der Waals surface area contributed by atoms with Crippen molar-refractivity contribution in [3.05, 3.63) is 99.0 Å². The van der Waals surface area contributed by atoms with Crippen LogP contribution in [0.4, 0.5) is 0 Å². The van der Waals surface area contributed by atoms with Crippen LogP contribution >= 0.6 is 23.2 Å². The molecule has 168 valence electrons. The maximum atomic E-state index is 13.3. The fourth-order valence-electron chi connectivity index (χ4n) is 3.06. The van der Waals surface area contributed by atoms with Gasteiger partial charge >= 0.3 is 0 Å². The fraction of sp³-hybridized carbons (Fsp3) is 0.208.